The van der Waals surface area contributed by atoms with Gasteiger partial charge in [0.15, 0.2) is 0 Å². The van der Waals surface area contributed by atoms with Gasteiger partial charge in [0.1, 0.15) is 16.7 Å². The zero-order valence-corrected chi connectivity index (χ0v) is 20.7. The highest BCUT2D eigenvalue weighted by atomic mass is 32.1. The molecular formula is C24H34N4O4S. The minimum absolute atomic E-state index is 0.188. The van der Waals surface area contributed by atoms with Crippen LogP contribution in [0.25, 0.3) is 0 Å². The number of hydrogen-bond donors (Lipinski definition) is 1. The lowest BCUT2D eigenvalue weighted by Crippen LogP contribution is -2.49. The molecule has 2 amide bonds. The fourth-order valence-electron chi connectivity index (χ4n) is 3.53. The Hall–Kier alpha value is -2.49. The molecule has 1 saturated heterocycles. The van der Waals surface area contributed by atoms with E-state index in [-0.39, 0.29) is 5.91 Å². The fraction of sp³-hybridized carbons (Fsp3) is 0.542. The van der Waals surface area contributed by atoms with Crippen LogP contribution < -0.4 is 5.32 Å². The topological polar surface area (TPSA) is 84.0 Å². The van der Waals surface area contributed by atoms with E-state index in [4.69, 9.17) is 14.5 Å². The molecule has 0 spiro atoms. The van der Waals surface area contributed by atoms with Crippen LogP contribution in [0.2, 0.25) is 0 Å². The standard InChI is InChI=1S/C24H34N4O4S/c1-24(2,3)32-23(30)26-20(14-18-8-6-5-7-9-18)22(29)27(4)15-19-17-33-21(25-19)16-28-10-12-31-13-11-28/h5-9,17,20H,10-16H2,1-4H3,(H,26,30). The molecule has 1 aliphatic rings. The number of nitrogens with one attached hydrogen (secondary N) is 1. The number of amides is 2. The number of carbonyl (C=O) groups is 2. The summed E-state index contributed by atoms with van der Waals surface area (Å²) in [6.45, 7) is 9.88. The summed E-state index contributed by atoms with van der Waals surface area (Å²) in [6.07, 6.45) is -0.227. The number of carbonyl (C=O) groups excluding carboxylic acids is 2. The molecule has 1 fully saturated rings. The average molecular weight is 475 g/mol. The van der Waals surface area contributed by atoms with Gasteiger partial charge in [0.25, 0.3) is 0 Å². The van der Waals surface area contributed by atoms with Gasteiger partial charge in [-0.1, -0.05) is 30.3 Å². The Kier molecular flexibility index (Phi) is 8.82. The summed E-state index contributed by atoms with van der Waals surface area (Å²) in [5.41, 5.74) is 1.16. The van der Waals surface area contributed by atoms with Gasteiger partial charge < -0.3 is 19.7 Å². The van der Waals surface area contributed by atoms with Crippen molar-refractivity contribution in [2.75, 3.05) is 33.4 Å². The van der Waals surface area contributed by atoms with Crippen LogP contribution in [0.4, 0.5) is 4.79 Å². The summed E-state index contributed by atoms with van der Waals surface area (Å²) < 4.78 is 10.8. The summed E-state index contributed by atoms with van der Waals surface area (Å²) in [4.78, 5) is 34.3. The van der Waals surface area contributed by atoms with Gasteiger partial charge in [-0.25, -0.2) is 9.78 Å². The van der Waals surface area contributed by atoms with E-state index in [0.717, 1.165) is 49.1 Å². The van der Waals surface area contributed by atoms with E-state index in [1.165, 1.54) is 0 Å². The number of morpholine rings is 1. The second kappa shape index (κ2) is 11.6. The minimum atomic E-state index is -0.737. The molecule has 1 aromatic carbocycles. The number of ether oxygens (including phenoxy) is 2. The highest BCUT2D eigenvalue weighted by Crippen LogP contribution is 2.16. The Morgan fingerprint density at radius 3 is 2.61 bits per heavy atom. The lowest BCUT2D eigenvalue weighted by molar-refractivity contribution is -0.132. The zero-order valence-electron chi connectivity index (χ0n) is 19.9. The lowest BCUT2D eigenvalue weighted by atomic mass is 10.0. The Labute approximate surface area is 199 Å². The van der Waals surface area contributed by atoms with Crippen LogP contribution in [0.1, 0.15) is 37.0 Å². The summed E-state index contributed by atoms with van der Waals surface area (Å²) >= 11 is 1.60. The summed E-state index contributed by atoms with van der Waals surface area (Å²) in [5.74, 6) is -0.188. The van der Waals surface area contributed by atoms with Crippen molar-refractivity contribution in [3.63, 3.8) is 0 Å². The number of thiazole rings is 1. The minimum Gasteiger partial charge on any atom is -0.444 e. The molecule has 0 bridgehead atoms. The first-order valence-electron chi connectivity index (χ1n) is 11.2. The van der Waals surface area contributed by atoms with Crippen LogP contribution in [-0.4, -0.2) is 71.8 Å². The largest absolute Gasteiger partial charge is 0.444 e. The van der Waals surface area contributed by atoms with Gasteiger partial charge >= 0.3 is 6.09 Å². The molecule has 33 heavy (non-hydrogen) atoms. The van der Waals surface area contributed by atoms with Crippen LogP contribution in [0.15, 0.2) is 35.7 Å². The predicted molar refractivity (Wildman–Crippen MR) is 128 cm³/mol. The summed E-state index contributed by atoms with van der Waals surface area (Å²) in [5, 5.41) is 5.78. The Morgan fingerprint density at radius 1 is 1.24 bits per heavy atom. The molecule has 1 unspecified atom stereocenters. The SMILES string of the molecule is CN(Cc1csc(CN2CCOCC2)n1)C(=O)C(Cc1ccccc1)NC(=O)OC(C)(C)C. The third-order valence-corrected chi connectivity index (χ3v) is 5.99. The van der Waals surface area contributed by atoms with Crippen molar-refractivity contribution in [2.24, 2.45) is 0 Å². The van der Waals surface area contributed by atoms with Gasteiger partial charge in [-0.3, -0.25) is 9.69 Å². The van der Waals surface area contributed by atoms with Crippen molar-refractivity contribution in [1.29, 1.82) is 0 Å². The van der Waals surface area contributed by atoms with Gasteiger partial charge in [-0.2, -0.15) is 0 Å². The van der Waals surface area contributed by atoms with Crippen molar-refractivity contribution in [2.45, 2.75) is 51.9 Å². The maximum atomic E-state index is 13.3. The van der Waals surface area contributed by atoms with Crippen LogP contribution >= 0.6 is 11.3 Å². The van der Waals surface area contributed by atoms with E-state index in [2.05, 4.69) is 10.2 Å². The predicted octanol–water partition coefficient (Wildman–Crippen LogP) is 3.07. The molecule has 2 heterocycles. The van der Waals surface area contributed by atoms with Crippen LogP contribution in [0.3, 0.4) is 0 Å². The maximum Gasteiger partial charge on any atom is 0.408 e. The monoisotopic (exact) mass is 474 g/mol. The Morgan fingerprint density at radius 2 is 1.94 bits per heavy atom. The lowest BCUT2D eigenvalue weighted by Gasteiger charge is -2.26. The number of nitrogens with zero attached hydrogens (tertiary/aromatic N) is 3. The van der Waals surface area contributed by atoms with Crippen molar-refractivity contribution in [3.05, 3.63) is 52.0 Å². The van der Waals surface area contributed by atoms with Gasteiger partial charge in [-0.15, -0.1) is 11.3 Å². The molecule has 2 aromatic rings. The molecule has 0 radical (unpaired) electrons. The van der Waals surface area contributed by atoms with Crippen molar-refractivity contribution >= 4 is 23.3 Å². The third kappa shape index (κ3) is 8.42. The van der Waals surface area contributed by atoms with E-state index in [9.17, 15) is 9.59 Å². The molecule has 1 aromatic heterocycles. The normalized spacial score (nSPS) is 15.6. The highest BCUT2D eigenvalue weighted by Gasteiger charge is 2.27. The second-order valence-corrected chi connectivity index (χ2v) is 10.1. The first kappa shape index (κ1) is 25.1. The quantitative estimate of drug-likeness (QED) is 0.633. The fourth-order valence-corrected chi connectivity index (χ4v) is 4.36. The number of hydrogen-bond acceptors (Lipinski definition) is 7. The Bertz CT molecular complexity index is 907. The van der Waals surface area contributed by atoms with Crippen LogP contribution in [0, 0.1) is 0 Å². The number of benzene rings is 1. The number of likely N-dealkylation sites (N-methyl/N-ethyl adjacent to an activating group) is 1. The zero-order chi connectivity index (χ0) is 23.8. The molecule has 8 nitrogen and oxygen atoms in total. The molecule has 1 N–H and O–H groups in total. The van der Waals surface area contributed by atoms with E-state index >= 15 is 0 Å². The second-order valence-electron chi connectivity index (χ2n) is 9.20. The summed E-state index contributed by atoms with van der Waals surface area (Å²) in [7, 11) is 1.73. The van der Waals surface area contributed by atoms with Crippen molar-refractivity contribution in [3.8, 4) is 0 Å². The first-order valence-corrected chi connectivity index (χ1v) is 12.1. The number of rotatable bonds is 8. The van der Waals surface area contributed by atoms with E-state index < -0.39 is 17.7 Å². The van der Waals surface area contributed by atoms with Gasteiger partial charge in [-0.05, 0) is 26.3 Å². The highest BCUT2D eigenvalue weighted by molar-refractivity contribution is 7.09. The number of aromatic nitrogens is 1. The molecular weight excluding hydrogens is 440 g/mol. The molecule has 0 saturated carbocycles. The van der Waals surface area contributed by atoms with Crippen molar-refractivity contribution in [1.82, 2.24) is 20.1 Å². The smallest absolute Gasteiger partial charge is 0.408 e. The average Bonchev–Trinajstić information content (AvgIpc) is 3.19. The molecule has 1 aliphatic heterocycles. The molecule has 1 atom stereocenters. The first-order chi connectivity index (χ1) is 15.7. The van der Waals surface area contributed by atoms with Crippen molar-refractivity contribution < 1.29 is 19.1 Å². The maximum absolute atomic E-state index is 13.3. The molecule has 180 valence electrons. The third-order valence-electron chi connectivity index (χ3n) is 5.11. The van der Waals surface area contributed by atoms with Gasteiger partial charge in [0, 0.05) is 31.9 Å². The van der Waals surface area contributed by atoms with Crippen LogP contribution in [0.5, 0.6) is 0 Å². The van der Waals surface area contributed by atoms with Gasteiger partial charge in [0.05, 0.1) is 32.0 Å². The summed E-state index contributed by atoms with van der Waals surface area (Å²) in [6, 6.07) is 8.90. The van der Waals surface area contributed by atoms with E-state index in [1.54, 1.807) is 44.1 Å². The van der Waals surface area contributed by atoms with E-state index in [1.807, 2.05) is 35.7 Å². The Balaban J connectivity index is 1.63. The number of alkyl carbamates (subject to hydrolysis) is 1. The molecule has 3 rings (SSSR count). The van der Waals surface area contributed by atoms with Crippen LogP contribution in [-0.2, 0) is 33.8 Å². The van der Waals surface area contributed by atoms with E-state index in [0.29, 0.717) is 13.0 Å². The molecule has 0 aliphatic carbocycles. The van der Waals surface area contributed by atoms with Gasteiger partial charge in [0.2, 0.25) is 5.91 Å². The molecule has 9 heteroatoms.